The van der Waals surface area contributed by atoms with Crippen molar-refractivity contribution in [2.24, 2.45) is 5.10 Å². The Morgan fingerprint density at radius 1 is 1.44 bits per heavy atom. The fourth-order valence-corrected chi connectivity index (χ4v) is 2.93. The van der Waals surface area contributed by atoms with E-state index in [1.165, 1.54) is 0 Å². The van der Waals surface area contributed by atoms with Crippen LogP contribution in [0.4, 0.5) is 0 Å². The van der Waals surface area contributed by atoms with Gasteiger partial charge in [0, 0.05) is 13.2 Å². The molecule has 6 nitrogen and oxygen atoms in total. The Kier molecular flexibility index (Phi) is 7.19. The van der Waals surface area contributed by atoms with E-state index in [2.05, 4.69) is 20.9 Å². The van der Waals surface area contributed by atoms with Crippen molar-refractivity contribution in [3.63, 3.8) is 0 Å². The van der Waals surface area contributed by atoms with Crippen molar-refractivity contribution < 1.29 is 4.74 Å². The summed E-state index contributed by atoms with van der Waals surface area (Å²) in [5.41, 5.74) is 4.86. The van der Waals surface area contributed by atoms with Gasteiger partial charge in [-0.3, -0.25) is 5.43 Å². The highest BCUT2D eigenvalue weighted by atomic mass is 35.5. The van der Waals surface area contributed by atoms with Gasteiger partial charge in [0.2, 0.25) is 0 Å². The SMILES string of the molecule is COC[C@H](C)NC(=S)N/N=C\c1c(C)nn(-c2ccccc2Cl)c1Cl. The predicted octanol–water partition coefficient (Wildman–Crippen LogP) is 3.32. The zero-order valence-corrected chi connectivity index (χ0v) is 16.4. The van der Waals surface area contributed by atoms with Gasteiger partial charge in [0.1, 0.15) is 5.15 Å². The van der Waals surface area contributed by atoms with E-state index in [-0.39, 0.29) is 6.04 Å². The Labute approximate surface area is 162 Å². The summed E-state index contributed by atoms with van der Waals surface area (Å²) < 4.78 is 6.62. The molecule has 0 amide bonds. The minimum absolute atomic E-state index is 0.0773. The van der Waals surface area contributed by atoms with E-state index in [4.69, 9.17) is 40.2 Å². The first-order chi connectivity index (χ1) is 11.9. The molecule has 2 rings (SSSR count). The van der Waals surface area contributed by atoms with Gasteiger partial charge in [0.25, 0.3) is 0 Å². The standard InChI is InChI=1S/C16H19Cl2N5OS/c1-10(9-24-3)20-16(25)21-19-8-12-11(2)22-23(15(12)18)14-7-5-4-6-13(14)17/h4-8,10H,9H2,1-3H3,(H2,20,21,25)/b19-8-/t10-/m0/s1. The van der Waals surface area contributed by atoms with Crippen LogP contribution in [0.25, 0.3) is 5.69 Å². The van der Waals surface area contributed by atoms with Crippen LogP contribution >= 0.6 is 35.4 Å². The van der Waals surface area contributed by atoms with Crippen LogP contribution < -0.4 is 10.7 Å². The molecule has 1 atom stereocenters. The maximum Gasteiger partial charge on any atom is 0.187 e. The van der Waals surface area contributed by atoms with E-state index in [0.717, 1.165) is 5.69 Å². The first-order valence-corrected chi connectivity index (χ1v) is 8.69. The molecule has 25 heavy (non-hydrogen) atoms. The Bertz CT molecular complexity index is 778. The molecule has 0 aliphatic heterocycles. The highest BCUT2D eigenvalue weighted by Crippen LogP contribution is 2.26. The lowest BCUT2D eigenvalue weighted by Crippen LogP contribution is -2.40. The number of nitrogens with zero attached hydrogens (tertiary/aromatic N) is 3. The molecule has 0 saturated heterocycles. The van der Waals surface area contributed by atoms with Gasteiger partial charge in [-0.2, -0.15) is 10.2 Å². The fraction of sp³-hybridized carbons (Fsp3) is 0.312. The zero-order valence-electron chi connectivity index (χ0n) is 14.1. The Morgan fingerprint density at radius 3 is 2.84 bits per heavy atom. The first kappa shape index (κ1) is 19.7. The minimum Gasteiger partial charge on any atom is -0.383 e. The molecule has 0 fully saturated rings. The van der Waals surface area contributed by atoms with Crippen LogP contribution in [0.5, 0.6) is 0 Å². The van der Waals surface area contributed by atoms with Crippen molar-refractivity contribution in [2.75, 3.05) is 13.7 Å². The van der Waals surface area contributed by atoms with Crippen molar-refractivity contribution in [3.05, 3.63) is 45.7 Å². The molecule has 9 heteroatoms. The number of hydrogen-bond acceptors (Lipinski definition) is 4. The van der Waals surface area contributed by atoms with Crippen LogP contribution in [0, 0.1) is 6.92 Å². The van der Waals surface area contributed by atoms with Gasteiger partial charge in [-0.05, 0) is 38.2 Å². The normalized spacial score (nSPS) is 12.4. The van der Waals surface area contributed by atoms with E-state index in [1.54, 1.807) is 24.1 Å². The van der Waals surface area contributed by atoms with E-state index in [0.29, 0.717) is 33.1 Å². The summed E-state index contributed by atoms with van der Waals surface area (Å²) in [4.78, 5) is 0. The van der Waals surface area contributed by atoms with Crippen LogP contribution in [0.15, 0.2) is 29.4 Å². The molecule has 0 unspecified atom stereocenters. The number of benzene rings is 1. The Balaban J connectivity index is 2.11. The van der Waals surface area contributed by atoms with Crippen LogP contribution in [-0.4, -0.2) is 40.9 Å². The van der Waals surface area contributed by atoms with E-state index in [9.17, 15) is 0 Å². The highest BCUT2D eigenvalue weighted by Gasteiger charge is 2.15. The second-order valence-electron chi connectivity index (χ2n) is 5.35. The third-order valence-electron chi connectivity index (χ3n) is 3.28. The van der Waals surface area contributed by atoms with Crippen LogP contribution in [0.2, 0.25) is 10.2 Å². The van der Waals surface area contributed by atoms with Gasteiger partial charge >= 0.3 is 0 Å². The summed E-state index contributed by atoms with van der Waals surface area (Å²) in [5, 5.41) is 13.0. The van der Waals surface area contributed by atoms with E-state index >= 15 is 0 Å². The maximum atomic E-state index is 6.43. The number of para-hydroxylation sites is 1. The number of nitrogens with one attached hydrogen (secondary N) is 2. The van der Waals surface area contributed by atoms with Crippen LogP contribution in [-0.2, 0) is 4.74 Å². The molecular formula is C16H19Cl2N5OS. The number of hydrazone groups is 1. The molecule has 0 aliphatic rings. The quantitative estimate of drug-likeness (QED) is 0.443. The third-order valence-corrected chi connectivity index (χ3v) is 4.17. The number of methoxy groups -OCH3 is 1. The highest BCUT2D eigenvalue weighted by molar-refractivity contribution is 7.80. The lowest BCUT2D eigenvalue weighted by molar-refractivity contribution is 0.179. The first-order valence-electron chi connectivity index (χ1n) is 7.52. The van der Waals surface area contributed by atoms with Crippen molar-refractivity contribution >= 4 is 46.7 Å². The lowest BCUT2D eigenvalue weighted by atomic mass is 10.3. The van der Waals surface area contributed by atoms with Crippen LogP contribution in [0.1, 0.15) is 18.2 Å². The molecule has 2 aromatic rings. The second kappa shape index (κ2) is 9.15. The summed E-state index contributed by atoms with van der Waals surface area (Å²) >= 11 is 17.8. The molecule has 0 radical (unpaired) electrons. The smallest absolute Gasteiger partial charge is 0.187 e. The average Bonchev–Trinajstić information content (AvgIpc) is 2.83. The van der Waals surface area contributed by atoms with Gasteiger partial charge in [-0.15, -0.1) is 0 Å². The lowest BCUT2D eigenvalue weighted by Gasteiger charge is -2.13. The fourth-order valence-electron chi connectivity index (χ4n) is 2.14. The Hall–Kier alpha value is -1.67. The number of ether oxygens (including phenoxy) is 1. The Morgan fingerprint density at radius 2 is 2.16 bits per heavy atom. The number of aryl methyl sites for hydroxylation is 1. The van der Waals surface area contributed by atoms with Crippen molar-refractivity contribution in [1.82, 2.24) is 20.5 Å². The molecule has 0 spiro atoms. The monoisotopic (exact) mass is 399 g/mol. The molecular weight excluding hydrogens is 381 g/mol. The topological polar surface area (TPSA) is 63.5 Å². The largest absolute Gasteiger partial charge is 0.383 e. The van der Waals surface area contributed by atoms with Gasteiger partial charge in [-0.1, -0.05) is 35.3 Å². The molecule has 1 aromatic carbocycles. The molecule has 0 saturated carbocycles. The van der Waals surface area contributed by atoms with Crippen LogP contribution in [0.3, 0.4) is 0 Å². The predicted molar refractivity (Wildman–Crippen MR) is 106 cm³/mol. The number of rotatable bonds is 6. The maximum absolute atomic E-state index is 6.43. The van der Waals surface area contributed by atoms with Gasteiger partial charge in [-0.25, -0.2) is 4.68 Å². The molecule has 1 aromatic heterocycles. The number of thiocarbonyl (C=S) groups is 1. The zero-order chi connectivity index (χ0) is 18.4. The molecule has 1 heterocycles. The average molecular weight is 400 g/mol. The summed E-state index contributed by atoms with van der Waals surface area (Å²) in [6.07, 6.45) is 1.58. The number of halogens is 2. The van der Waals surface area contributed by atoms with Gasteiger partial charge < -0.3 is 10.1 Å². The van der Waals surface area contributed by atoms with Gasteiger partial charge in [0.05, 0.1) is 34.8 Å². The summed E-state index contributed by atoms with van der Waals surface area (Å²) in [5.74, 6) is 0. The van der Waals surface area contributed by atoms with E-state index < -0.39 is 0 Å². The number of hydrogen-bond donors (Lipinski definition) is 2. The van der Waals surface area contributed by atoms with Crippen molar-refractivity contribution in [1.29, 1.82) is 0 Å². The molecule has 134 valence electrons. The van der Waals surface area contributed by atoms with Crippen molar-refractivity contribution in [2.45, 2.75) is 19.9 Å². The van der Waals surface area contributed by atoms with E-state index in [1.807, 2.05) is 32.0 Å². The second-order valence-corrected chi connectivity index (χ2v) is 6.53. The molecule has 0 bridgehead atoms. The third kappa shape index (κ3) is 5.15. The molecule has 2 N–H and O–H groups in total. The summed E-state index contributed by atoms with van der Waals surface area (Å²) in [7, 11) is 1.63. The van der Waals surface area contributed by atoms with Crippen molar-refractivity contribution in [3.8, 4) is 5.69 Å². The summed E-state index contributed by atoms with van der Waals surface area (Å²) in [6, 6.07) is 7.42. The molecule has 0 aliphatic carbocycles. The summed E-state index contributed by atoms with van der Waals surface area (Å²) in [6.45, 7) is 4.34. The van der Waals surface area contributed by atoms with Gasteiger partial charge in [0.15, 0.2) is 5.11 Å². The minimum atomic E-state index is 0.0773. The number of aromatic nitrogens is 2.